The Morgan fingerprint density at radius 1 is 1.04 bits per heavy atom. The highest BCUT2D eigenvalue weighted by Crippen LogP contribution is 2.27. The summed E-state index contributed by atoms with van der Waals surface area (Å²) in [7, 11) is 0. The summed E-state index contributed by atoms with van der Waals surface area (Å²) in [6, 6.07) is 11.2. The van der Waals surface area contributed by atoms with Gasteiger partial charge in [0.25, 0.3) is 0 Å². The number of aromatic nitrogens is 1. The number of carbonyl (C=O) groups is 2. The van der Waals surface area contributed by atoms with E-state index in [2.05, 4.69) is 31.1 Å². The number of hydrogen-bond donors (Lipinski definition) is 2. The van der Waals surface area contributed by atoms with Gasteiger partial charge < -0.3 is 15.2 Å². The van der Waals surface area contributed by atoms with Gasteiger partial charge in [-0.1, -0.05) is 32.9 Å². The second-order valence-corrected chi connectivity index (χ2v) is 6.70. The van der Waals surface area contributed by atoms with E-state index in [0.717, 1.165) is 0 Å². The van der Waals surface area contributed by atoms with Gasteiger partial charge in [0.05, 0.1) is 12.6 Å². The average molecular weight is 342 g/mol. The van der Waals surface area contributed by atoms with Crippen LogP contribution in [0.1, 0.15) is 39.2 Å². The van der Waals surface area contributed by atoms with Gasteiger partial charge in [0.15, 0.2) is 0 Å². The molecule has 0 radical (unpaired) electrons. The Labute approximate surface area is 146 Å². The Morgan fingerprint density at radius 3 is 2.20 bits per heavy atom. The van der Waals surface area contributed by atoms with Crippen LogP contribution < -0.4 is 10.1 Å². The summed E-state index contributed by atoms with van der Waals surface area (Å²) in [6.07, 6.45) is 1.21. The van der Waals surface area contributed by atoms with Crippen molar-refractivity contribution in [2.45, 2.75) is 39.0 Å². The van der Waals surface area contributed by atoms with E-state index in [1.54, 1.807) is 12.1 Å². The topological polar surface area (TPSA) is 88.5 Å². The van der Waals surface area contributed by atoms with Crippen molar-refractivity contribution in [2.24, 2.45) is 0 Å². The smallest absolute Gasteiger partial charge is 0.303 e. The number of carboxylic acids is 1. The highest BCUT2D eigenvalue weighted by molar-refractivity contribution is 5.91. The molecule has 6 heteroatoms. The van der Waals surface area contributed by atoms with Crippen LogP contribution in [0.4, 0.5) is 5.82 Å². The Hall–Kier alpha value is -2.89. The quantitative estimate of drug-likeness (QED) is 0.829. The minimum absolute atomic E-state index is 0.0839. The fourth-order valence-electron chi connectivity index (χ4n) is 2.10. The maximum atomic E-state index is 11.6. The van der Waals surface area contributed by atoms with Crippen LogP contribution in [0.15, 0.2) is 42.6 Å². The van der Waals surface area contributed by atoms with Gasteiger partial charge in [-0.05, 0) is 35.2 Å². The number of anilines is 1. The zero-order valence-electron chi connectivity index (χ0n) is 14.6. The van der Waals surface area contributed by atoms with Crippen molar-refractivity contribution in [3.05, 3.63) is 48.2 Å². The van der Waals surface area contributed by atoms with E-state index < -0.39 is 5.97 Å². The van der Waals surface area contributed by atoms with Gasteiger partial charge >= 0.3 is 5.97 Å². The van der Waals surface area contributed by atoms with Crippen LogP contribution >= 0.6 is 0 Å². The maximum Gasteiger partial charge on any atom is 0.303 e. The largest absolute Gasteiger partial charge is 0.481 e. The number of ether oxygens (including phenoxy) is 1. The Kier molecular flexibility index (Phi) is 5.75. The highest BCUT2D eigenvalue weighted by Gasteiger charge is 2.13. The highest BCUT2D eigenvalue weighted by atomic mass is 16.5. The fourth-order valence-corrected chi connectivity index (χ4v) is 2.10. The van der Waals surface area contributed by atoms with Crippen LogP contribution in [0, 0.1) is 0 Å². The van der Waals surface area contributed by atoms with Gasteiger partial charge in [0.2, 0.25) is 5.91 Å². The number of nitrogens with zero attached hydrogens (tertiary/aromatic N) is 1. The van der Waals surface area contributed by atoms with Crippen molar-refractivity contribution >= 4 is 17.7 Å². The van der Waals surface area contributed by atoms with Crippen LogP contribution in [0.2, 0.25) is 0 Å². The van der Waals surface area contributed by atoms with Crippen molar-refractivity contribution in [3.63, 3.8) is 0 Å². The number of pyridine rings is 1. The van der Waals surface area contributed by atoms with Crippen LogP contribution in [0.5, 0.6) is 11.5 Å². The zero-order valence-corrected chi connectivity index (χ0v) is 14.6. The third kappa shape index (κ3) is 5.91. The molecule has 0 saturated carbocycles. The molecule has 0 saturated heterocycles. The van der Waals surface area contributed by atoms with E-state index in [0.29, 0.717) is 17.3 Å². The van der Waals surface area contributed by atoms with Crippen LogP contribution in [-0.4, -0.2) is 22.0 Å². The molecule has 25 heavy (non-hydrogen) atoms. The van der Waals surface area contributed by atoms with Gasteiger partial charge in [-0.15, -0.1) is 0 Å². The molecule has 0 fully saturated rings. The number of benzene rings is 1. The summed E-state index contributed by atoms with van der Waals surface area (Å²) in [4.78, 5) is 26.1. The van der Waals surface area contributed by atoms with Crippen molar-refractivity contribution in [2.75, 3.05) is 5.32 Å². The lowest BCUT2D eigenvalue weighted by atomic mass is 9.87. The lowest BCUT2D eigenvalue weighted by Gasteiger charge is -2.19. The van der Waals surface area contributed by atoms with Crippen molar-refractivity contribution in [1.82, 2.24) is 4.98 Å². The van der Waals surface area contributed by atoms with Gasteiger partial charge in [-0.3, -0.25) is 9.59 Å². The molecule has 0 aliphatic carbocycles. The van der Waals surface area contributed by atoms with Crippen LogP contribution in [-0.2, 0) is 15.0 Å². The number of rotatable bonds is 6. The molecule has 1 aromatic heterocycles. The maximum absolute atomic E-state index is 11.6. The molecule has 2 N–H and O–H groups in total. The first-order valence-corrected chi connectivity index (χ1v) is 8.00. The monoisotopic (exact) mass is 342 g/mol. The molecule has 0 spiro atoms. The van der Waals surface area contributed by atoms with Crippen LogP contribution in [0.3, 0.4) is 0 Å². The second-order valence-electron chi connectivity index (χ2n) is 6.70. The standard InChI is InChI=1S/C19H22N2O4/c1-19(2,3)13-4-6-14(7-5-13)25-15-8-9-16(20-12-15)21-17(22)10-11-18(23)24/h4-9,12H,10-11H2,1-3H3,(H,23,24)(H,20,21,22). The molecule has 0 atom stereocenters. The number of hydrogen-bond acceptors (Lipinski definition) is 4. The van der Waals surface area contributed by atoms with Gasteiger partial charge in [-0.25, -0.2) is 4.98 Å². The third-order valence-corrected chi connectivity index (χ3v) is 3.53. The van der Waals surface area contributed by atoms with Crippen molar-refractivity contribution < 1.29 is 19.4 Å². The van der Waals surface area contributed by atoms with Gasteiger partial charge in [0, 0.05) is 6.42 Å². The molecular formula is C19H22N2O4. The zero-order chi connectivity index (χ0) is 18.4. The molecule has 1 heterocycles. The molecule has 0 unspecified atom stereocenters. The van der Waals surface area contributed by atoms with E-state index in [1.165, 1.54) is 11.8 Å². The first kappa shape index (κ1) is 18.4. The Bertz CT molecular complexity index is 732. The summed E-state index contributed by atoms with van der Waals surface area (Å²) in [6.45, 7) is 6.45. The predicted molar refractivity (Wildman–Crippen MR) is 95.0 cm³/mol. The fraction of sp³-hybridized carbons (Fsp3) is 0.316. The number of nitrogens with one attached hydrogen (secondary N) is 1. The van der Waals surface area contributed by atoms with Gasteiger partial charge in [-0.2, -0.15) is 0 Å². The molecular weight excluding hydrogens is 320 g/mol. The minimum atomic E-state index is -1.01. The lowest BCUT2D eigenvalue weighted by Crippen LogP contribution is -2.13. The van der Waals surface area contributed by atoms with Crippen LogP contribution in [0.25, 0.3) is 0 Å². The molecule has 1 aromatic carbocycles. The molecule has 0 bridgehead atoms. The Balaban J connectivity index is 1.94. The van der Waals surface area contributed by atoms with E-state index in [4.69, 9.17) is 9.84 Å². The first-order valence-electron chi connectivity index (χ1n) is 8.00. The lowest BCUT2D eigenvalue weighted by molar-refractivity contribution is -0.138. The molecule has 1 amide bonds. The van der Waals surface area contributed by atoms with Crippen molar-refractivity contribution in [3.8, 4) is 11.5 Å². The molecule has 0 aliphatic heterocycles. The molecule has 2 rings (SSSR count). The SMILES string of the molecule is CC(C)(C)c1ccc(Oc2ccc(NC(=O)CCC(=O)O)nc2)cc1. The van der Waals surface area contributed by atoms with Gasteiger partial charge in [0.1, 0.15) is 17.3 Å². The molecule has 2 aromatic rings. The first-order chi connectivity index (χ1) is 11.7. The number of amides is 1. The van der Waals surface area contributed by atoms with E-state index >= 15 is 0 Å². The summed E-state index contributed by atoms with van der Waals surface area (Å²) in [5.41, 5.74) is 1.30. The third-order valence-electron chi connectivity index (χ3n) is 3.53. The van der Waals surface area contributed by atoms with E-state index in [1.807, 2.05) is 24.3 Å². The summed E-state index contributed by atoms with van der Waals surface area (Å²) in [5, 5.41) is 11.1. The van der Waals surface area contributed by atoms with Crippen molar-refractivity contribution in [1.29, 1.82) is 0 Å². The molecule has 132 valence electrons. The van der Waals surface area contributed by atoms with E-state index in [-0.39, 0.29) is 24.2 Å². The summed E-state index contributed by atoms with van der Waals surface area (Å²) in [5.74, 6) is 0.205. The normalized spacial score (nSPS) is 11.0. The summed E-state index contributed by atoms with van der Waals surface area (Å²) < 4.78 is 5.73. The summed E-state index contributed by atoms with van der Waals surface area (Å²) >= 11 is 0. The number of aliphatic carboxylic acids is 1. The van der Waals surface area contributed by atoms with E-state index in [9.17, 15) is 9.59 Å². The number of carbonyl (C=O) groups excluding carboxylic acids is 1. The molecule has 6 nitrogen and oxygen atoms in total. The average Bonchev–Trinajstić information content (AvgIpc) is 2.54. The Morgan fingerprint density at radius 2 is 1.68 bits per heavy atom. The predicted octanol–water partition coefficient (Wildman–Crippen LogP) is 3.97. The number of carboxylic acid groups (broad SMARTS) is 1. The minimum Gasteiger partial charge on any atom is -0.481 e. The second kappa shape index (κ2) is 7.79. The molecule has 0 aliphatic rings.